The van der Waals surface area contributed by atoms with Crippen molar-refractivity contribution in [1.82, 2.24) is 30.6 Å². The average Bonchev–Trinajstić information content (AvgIpc) is 3.14. The maximum atomic E-state index is 12.3. The number of β-amino-alcohol motifs (C(OH)–C–C–N with tert-alkyl or cyclic N) is 1. The Labute approximate surface area is 144 Å². The van der Waals surface area contributed by atoms with Crippen LogP contribution in [0.4, 0.5) is 0 Å². The molecule has 0 fully saturated rings. The van der Waals surface area contributed by atoms with Crippen molar-refractivity contribution in [1.29, 1.82) is 0 Å². The summed E-state index contributed by atoms with van der Waals surface area (Å²) in [5.74, 6) is -0.749. The summed E-state index contributed by atoms with van der Waals surface area (Å²) in [4.78, 5) is 24.2. The molecule has 0 radical (unpaired) electrons. The van der Waals surface area contributed by atoms with Crippen molar-refractivity contribution in [3.63, 3.8) is 0 Å². The third-order valence-electron chi connectivity index (χ3n) is 3.97. The number of nitrogens with one attached hydrogen (secondary N) is 3. The summed E-state index contributed by atoms with van der Waals surface area (Å²) >= 11 is 0. The molecule has 1 aliphatic rings. The number of aliphatic hydroxyl groups is 1. The number of carbonyl (C=O) groups is 2. The first-order valence-corrected chi connectivity index (χ1v) is 8.11. The van der Waals surface area contributed by atoms with Crippen molar-refractivity contribution in [2.75, 3.05) is 6.54 Å². The smallest absolute Gasteiger partial charge is 0.272 e. The number of rotatable bonds is 3. The van der Waals surface area contributed by atoms with Gasteiger partial charge in [0.15, 0.2) is 5.69 Å². The molecule has 0 spiro atoms. The Bertz CT molecular complexity index is 801. The van der Waals surface area contributed by atoms with E-state index in [0.29, 0.717) is 0 Å². The summed E-state index contributed by atoms with van der Waals surface area (Å²) < 4.78 is 1.36. The lowest BCUT2D eigenvalue weighted by Gasteiger charge is -2.13. The molecule has 9 nitrogen and oxygen atoms in total. The summed E-state index contributed by atoms with van der Waals surface area (Å²) in [5.41, 5.74) is 2.02. The molecule has 1 aliphatic heterocycles. The van der Waals surface area contributed by atoms with Crippen LogP contribution in [0.25, 0.3) is 0 Å². The number of aromatic nitrogens is 4. The lowest BCUT2D eigenvalue weighted by molar-refractivity contribution is 0.0931. The van der Waals surface area contributed by atoms with Gasteiger partial charge >= 0.3 is 0 Å². The highest BCUT2D eigenvalue weighted by molar-refractivity contribution is 5.98. The largest absolute Gasteiger partial charge is 0.389 e. The average molecular weight is 346 g/mol. The van der Waals surface area contributed by atoms with Crippen molar-refractivity contribution in [2.24, 2.45) is 0 Å². The Kier molecular flexibility index (Phi) is 4.34. The molecule has 134 valence electrons. The van der Waals surface area contributed by atoms with Gasteiger partial charge in [-0.3, -0.25) is 19.4 Å². The molecule has 0 unspecified atom stereocenters. The van der Waals surface area contributed by atoms with Crippen LogP contribution in [0.5, 0.6) is 0 Å². The fourth-order valence-corrected chi connectivity index (χ4v) is 2.52. The normalized spacial score (nSPS) is 17.6. The van der Waals surface area contributed by atoms with Crippen LogP contribution in [0.2, 0.25) is 0 Å². The second-order valence-corrected chi connectivity index (χ2v) is 7.17. The molecule has 0 saturated carbocycles. The van der Waals surface area contributed by atoms with Crippen LogP contribution in [0.3, 0.4) is 0 Å². The minimum Gasteiger partial charge on any atom is -0.389 e. The second-order valence-electron chi connectivity index (χ2n) is 7.17. The predicted octanol–water partition coefficient (Wildman–Crippen LogP) is -0.0620. The van der Waals surface area contributed by atoms with Crippen LogP contribution in [-0.4, -0.2) is 49.5 Å². The molecule has 2 amide bonds. The standard InChI is InChI=1S/C16H22N6O3/c1-16(2,3)13-4-9(19-20-13)6-17-14(24)11-5-12-15(25)18-7-10(23)8-22(12)21-11/h4-5,10,23H,6-8H2,1-3H3,(H,17,24)(H,18,25)(H,19,20)/t10-/m0/s1. The number of amides is 2. The van der Waals surface area contributed by atoms with Crippen LogP contribution in [0, 0.1) is 0 Å². The van der Waals surface area contributed by atoms with E-state index in [2.05, 4.69) is 46.7 Å². The molecule has 0 bridgehead atoms. The fourth-order valence-electron chi connectivity index (χ4n) is 2.52. The Morgan fingerprint density at radius 3 is 2.88 bits per heavy atom. The second kappa shape index (κ2) is 6.32. The zero-order valence-electron chi connectivity index (χ0n) is 14.5. The Balaban J connectivity index is 1.68. The molecule has 4 N–H and O–H groups in total. The van der Waals surface area contributed by atoms with Gasteiger partial charge in [-0.2, -0.15) is 10.2 Å². The van der Waals surface area contributed by atoms with Crippen LogP contribution in [0.15, 0.2) is 12.1 Å². The highest BCUT2D eigenvalue weighted by atomic mass is 16.3. The highest BCUT2D eigenvalue weighted by Gasteiger charge is 2.24. The predicted molar refractivity (Wildman–Crippen MR) is 89.0 cm³/mol. The Morgan fingerprint density at radius 2 is 2.20 bits per heavy atom. The van der Waals surface area contributed by atoms with Gasteiger partial charge in [-0.15, -0.1) is 0 Å². The van der Waals surface area contributed by atoms with Crippen molar-refractivity contribution < 1.29 is 14.7 Å². The molecule has 1 atom stereocenters. The zero-order valence-corrected chi connectivity index (χ0v) is 14.5. The van der Waals surface area contributed by atoms with E-state index in [0.717, 1.165) is 11.4 Å². The van der Waals surface area contributed by atoms with E-state index >= 15 is 0 Å². The van der Waals surface area contributed by atoms with E-state index in [1.807, 2.05) is 6.07 Å². The minimum absolute atomic E-state index is 0.0750. The van der Waals surface area contributed by atoms with Crippen LogP contribution >= 0.6 is 0 Å². The third-order valence-corrected chi connectivity index (χ3v) is 3.97. The first-order chi connectivity index (χ1) is 11.7. The van der Waals surface area contributed by atoms with Gasteiger partial charge in [0.25, 0.3) is 11.8 Å². The first kappa shape index (κ1) is 17.2. The summed E-state index contributed by atoms with van der Waals surface area (Å²) in [7, 11) is 0. The molecule has 3 heterocycles. The van der Waals surface area contributed by atoms with Gasteiger partial charge in [-0.25, -0.2) is 0 Å². The molecule has 0 saturated heterocycles. The third kappa shape index (κ3) is 3.71. The molecule has 0 aromatic carbocycles. The zero-order chi connectivity index (χ0) is 18.2. The molecule has 25 heavy (non-hydrogen) atoms. The number of aromatic amines is 1. The van der Waals surface area contributed by atoms with Crippen LogP contribution in [0.1, 0.15) is 53.1 Å². The Morgan fingerprint density at radius 1 is 1.44 bits per heavy atom. The number of nitrogens with zero attached hydrogens (tertiary/aromatic N) is 3. The number of H-pyrrole nitrogens is 1. The van der Waals surface area contributed by atoms with E-state index < -0.39 is 12.0 Å². The molecule has 3 rings (SSSR count). The van der Waals surface area contributed by atoms with E-state index in [-0.39, 0.29) is 42.3 Å². The Hall–Kier alpha value is -2.68. The summed E-state index contributed by atoms with van der Waals surface area (Å²) in [6.07, 6.45) is -0.734. The molecule has 2 aromatic heterocycles. The summed E-state index contributed by atoms with van der Waals surface area (Å²) in [6, 6.07) is 3.34. The van der Waals surface area contributed by atoms with Gasteiger partial charge in [-0.05, 0) is 6.07 Å². The van der Waals surface area contributed by atoms with E-state index in [1.54, 1.807) is 0 Å². The monoisotopic (exact) mass is 346 g/mol. The number of aliphatic hydroxyl groups excluding tert-OH is 1. The van der Waals surface area contributed by atoms with Crippen molar-refractivity contribution in [3.05, 3.63) is 34.9 Å². The first-order valence-electron chi connectivity index (χ1n) is 8.11. The van der Waals surface area contributed by atoms with Gasteiger partial charge in [0, 0.05) is 18.0 Å². The molecular formula is C16H22N6O3. The van der Waals surface area contributed by atoms with Gasteiger partial charge in [-0.1, -0.05) is 20.8 Å². The van der Waals surface area contributed by atoms with Crippen molar-refractivity contribution in [2.45, 2.75) is 45.4 Å². The van der Waals surface area contributed by atoms with Gasteiger partial charge in [0.2, 0.25) is 0 Å². The van der Waals surface area contributed by atoms with E-state index in [4.69, 9.17) is 0 Å². The lowest BCUT2D eigenvalue weighted by Crippen LogP contribution is -2.30. The maximum absolute atomic E-state index is 12.3. The van der Waals surface area contributed by atoms with E-state index in [9.17, 15) is 14.7 Å². The molecule has 0 aliphatic carbocycles. The quantitative estimate of drug-likeness (QED) is 0.619. The summed E-state index contributed by atoms with van der Waals surface area (Å²) in [5, 5.41) is 26.3. The number of fused-ring (bicyclic) bond motifs is 1. The number of hydrogen-bond donors (Lipinski definition) is 4. The summed E-state index contributed by atoms with van der Waals surface area (Å²) in [6.45, 7) is 6.78. The topological polar surface area (TPSA) is 125 Å². The maximum Gasteiger partial charge on any atom is 0.272 e. The molecular weight excluding hydrogens is 324 g/mol. The van der Waals surface area contributed by atoms with Crippen LogP contribution in [-0.2, 0) is 18.5 Å². The number of hydrogen-bond acceptors (Lipinski definition) is 5. The minimum atomic E-state index is -0.734. The van der Waals surface area contributed by atoms with Gasteiger partial charge < -0.3 is 15.7 Å². The van der Waals surface area contributed by atoms with Crippen LogP contribution < -0.4 is 10.6 Å². The fraction of sp³-hybridized carbons (Fsp3) is 0.500. The lowest BCUT2D eigenvalue weighted by atomic mass is 9.92. The SMILES string of the molecule is CC(C)(C)c1cc(CNC(=O)c2cc3n(n2)C[C@@H](O)CNC3=O)[nH]n1. The van der Waals surface area contributed by atoms with Gasteiger partial charge in [0.1, 0.15) is 5.69 Å². The molecule has 9 heteroatoms. The number of carbonyl (C=O) groups excluding carboxylic acids is 2. The van der Waals surface area contributed by atoms with Crippen molar-refractivity contribution >= 4 is 11.8 Å². The molecule has 2 aromatic rings. The van der Waals surface area contributed by atoms with Gasteiger partial charge in [0.05, 0.1) is 30.6 Å². The van der Waals surface area contributed by atoms with Crippen molar-refractivity contribution in [3.8, 4) is 0 Å². The highest BCUT2D eigenvalue weighted by Crippen LogP contribution is 2.20. The van der Waals surface area contributed by atoms with E-state index in [1.165, 1.54) is 10.7 Å².